The van der Waals surface area contributed by atoms with Crippen LogP contribution in [0.1, 0.15) is 0 Å². The molecule has 64 valence electrons. The van der Waals surface area contributed by atoms with Gasteiger partial charge in [0.2, 0.25) is 0 Å². The summed E-state index contributed by atoms with van der Waals surface area (Å²) in [6, 6.07) is 0. The summed E-state index contributed by atoms with van der Waals surface area (Å²) in [5.74, 6) is 0. The molecule has 1 atom stereocenters. The largest absolute Gasteiger partial charge is 1.00 e. The fourth-order valence-corrected chi connectivity index (χ4v) is 1.07. The van der Waals surface area contributed by atoms with Gasteiger partial charge in [0.15, 0.2) is 0 Å². The molecule has 0 amide bonds. The number of hydrogen-bond acceptors (Lipinski definition) is 1. The summed E-state index contributed by atoms with van der Waals surface area (Å²) in [5.41, 5.74) is 0. The van der Waals surface area contributed by atoms with E-state index < -0.39 is 0 Å². The van der Waals surface area contributed by atoms with Crippen LogP contribution in [-0.4, -0.2) is 49.3 Å². The molecule has 0 aliphatic rings. The van der Waals surface area contributed by atoms with Gasteiger partial charge < -0.3 is 14.3 Å². The Kier molecular flexibility index (Phi) is 6.24. The Morgan fingerprint density at radius 3 is 1.90 bits per heavy atom. The topological polar surface area (TPSA) is 20.2 Å². The smallest absolute Gasteiger partial charge is 0.106 e. The second-order valence-electron chi connectivity index (χ2n) is 3.25. The van der Waals surface area contributed by atoms with Crippen LogP contribution < -0.4 is 4.70 Å². The molecule has 0 aliphatic carbocycles. The standard InChI is InChI=1S/C6H15ClNO.FH/c1-8(2,3)4-6(7)5-9;/h6,9H,4-5H2,1-3H3;1H/q+1;/p-1. The fourth-order valence-electron chi connectivity index (χ4n) is 0.652. The van der Waals surface area contributed by atoms with Gasteiger partial charge in [-0.15, -0.1) is 11.6 Å². The molecule has 0 fully saturated rings. The molecule has 4 heteroatoms. The molecule has 0 rings (SSSR count). The summed E-state index contributed by atoms with van der Waals surface area (Å²) in [6.45, 7) is 0.870. The molecule has 0 saturated heterocycles. The number of aliphatic hydroxyl groups excluding tert-OH is 1. The number of halogens is 2. The molecule has 0 heterocycles. The molecule has 0 saturated carbocycles. The number of rotatable bonds is 3. The first-order chi connectivity index (χ1) is 3.95. The molecule has 0 radical (unpaired) electrons. The highest BCUT2D eigenvalue weighted by Gasteiger charge is 2.13. The van der Waals surface area contributed by atoms with E-state index in [1.165, 1.54) is 0 Å². The first-order valence-electron chi connectivity index (χ1n) is 3.01. The predicted octanol–water partition coefficient (Wildman–Crippen LogP) is -2.70. The van der Waals surface area contributed by atoms with Crippen LogP contribution in [-0.2, 0) is 0 Å². The van der Waals surface area contributed by atoms with Crippen molar-refractivity contribution in [3.8, 4) is 0 Å². The van der Waals surface area contributed by atoms with Gasteiger partial charge in [0, 0.05) is 0 Å². The van der Waals surface area contributed by atoms with Gasteiger partial charge in [-0.2, -0.15) is 0 Å². The normalized spacial score (nSPS) is 14.1. The van der Waals surface area contributed by atoms with Gasteiger partial charge in [-0.3, -0.25) is 0 Å². The number of nitrogens with zero attached hydrogens (tertiary/aromatic N) is 1. The number of quaternary nitrogens is 1. The SMILES string of the molecule is C[N+](C)(C)CC(Cl)CO.[F-]. The monoisotopic (exact) mass is 171 g/mol. The summed E-state index contributed by atoms with van der Waals surface area (Å²) in [5, 5.41) is 8.45. The zero-order valence-electron chi connectivity index (χ0n) is 6.64. The van der Waals surface area contributed by atoms with Gasteiger partial charge in [-0.05, 0) is 0 Å². The van der Waals surface area contributed by atoms with Gasteiger partial charge in [-0.1, -0.05) is 0 Å². The molecule has 0 spiro atoms. The second-order valence-corrected chi connectivity index (χ2v) is 3.87. The summed E-state index contributed by atoms with van der Waals surface area (Å²) >= 11 is 5.68. The Morgan fingerprint density at radius 2 is 1.80 bits per heavy atom. The lowest BCUT2D eigenvalue weighted by Gasteiger charge is -2.25. The number of alkyl halides is 1. The second kappa shape index (κ2) is 4.88. The van der Waals surface area contributed by atoms with Crippen LogP contribution in [0.15, 0.2) is 0 Å². The minimum Gasteiger partial charge on any atom is -1.00 e. The highest BCUT2D eigenvalue weighted by Crippen LogP contribution is 2.00. The minimum atomic E-state index is -0.106. The summed E-state index contributed by atoms with van der Waals surface area (Å²) in [6.07, 6.45) is 0. The van der Waals surface area contributed by atoms with E-state index in [1.807, 2.05) is 21.1 Å². The molecule has 0 aromatic carbocycles. The highest BCUT2D eigenvalue weighted by atomic mass is 35.5. The third kappa shape index (κ3) is 8.14. The van der Waals surface area contributed by atoms with E-state index in [9.17, 15) is 0 Å². The maximum Gasteiger partial charge on any atom is 0.106 e. The van der Waals surface area contributed by atoms with Crippen LogP contribution in [0.3, 0.4) is 0 Å². The van der Waals surface area contributed by atoms with Gasteiger partial charge >= 0.3 is 0 Å². The van der Waals surface area contributed by atoms with E-state index >= 15 is 0 Å². The third-order valence-electron chi connectivity index (χ3n) is 0.944. The van der Waals surface area contributed by atoms with Gasteiger partial charge in [0.25, 0.3) is 0 Å². The lowest BCUT2D eigenvalue weighted by molar-refractivity contribution is -0.870. The van der Waals surface area contributed by atoms with Crippen LogP contribution in [0.2, 0.25) is 0 Å². The Hall–Kier alpha value is 0.140. The van der Waals surface area contributed by atoms with Crippen LogP contribution in [0, 0.1) is 0 Å². The highest BCUT2D eigenvalue weighted by molar-refractivity contribution is 6.20. The first kappa shape index (κ1) is 12.8. The third-order valence-corrected chi connectivity index (χ3v) is 1.22. The van der Waals surface area contributed by atoms with E-state index in [4.69, 9.17) is 16.7 Å². The van der Waals surface area contributed by atoms with E-state index in [2.05, 4.69) is 0 Å². The van der Waals surface area contributed by atoms with Crippen molar-refractivity contribution in [2.45, 2.75) is 5.38 Å². The molecule has 1 N–H and O–H groups in total. The fraction of sp³-hybridized carbons (Fsp3) is 1.00. The Balaban J connectivity index is 0. The van der Waals surface area contributed by atoms with Gasteiger partial charge in [0.1, 0.15) is 5.38 Å². The summed E-state index contributed by atoms with van der Waals surface area (Å²) < 4.78 is 0.800. The maximum atomic E-state index is 8.56. The van der Waals surface area contributed by atoms with Crippen molar-refractivity contribution in [2.24, 2.45) is 0 Å². The Bertz CT molecular complexity index is 84.3. The molecule has 0 aromatic heterocycles. The maximum absolute atomic E-state index is 8.56. The van der Waals surface area contributed by atoms with E-state index in [-0.39, 0.29) is 16.7 Å². The average molecular weight is 172 g/mol. The predicted molar refractivity (Wildman–Crippen MR) is 39.6 cm³/mol. The van der Waals surface area contributed by atoms with Crippen LogP contribution in [0.4, 0.5) is 0 Å². The van der Waals surface area contributed by atoms with Crippen molar-refractivity contribution in [1.82, 2.24) is 0 Å². The molecule has 0 aliphatic heterocycles. The molecule has 0 bridgehead atoms. The molecular weight excluding hydrogens is 157 g/mol. The molecule has 10 heavy (non-hydrogen) atoms. The zero-order chi connectivity index (χ0) is 7.49. The van der Waals surface area contributed by atoms with Crippen molar-refractivity contribution < 1.29 is 14.3 Å². The van der Waals surface area contributed by atoms with Crippen molar-refractivity contribution in [2.75, 3.05) is 34.3 Å². The Morgan fingerprint density at radius 1 is 1.40 bits per heavy atom. The molecule has 2 nitrogen and oxygen atoms in total. The summed E-state index contributed by atoms with van der Waals surface area (Å²) in [4.78, 5) is 0. The quantitative estimate of drug-likeness (QED) is 0.362. The summed E-state index contributed by atoms with van der Waals surface area (Å²) in [7, 11) is 6.14. The van der Waals surface area contributed by atoms with Gasteiger partial charge in [0.05, 0.1) is 34.3 Å². The van der Waals surface area contributed by atoms with Crippen molar-refractivity contribution in [1.29, 1.82) is 0 Å². The average Bonchev–Trinajstić information content (AvgIpc) is 1.62. The lowest BCUT2D eigenvalue weighted by Crippen LogP contribution is -3.00. The molecular formula is C6H15ClFNO. The lowest BCUT2D eigenvalue weighted by atomic mass is 10.4. The number of hydrogen-bond donors (Lipinski definition) is 1. The zero-order valence-corrected chi connectivity index (χ0v) is 7.40. The molecule has 0 aromatic rings. The van der Waals surface area contributed by atoms with Crippen molar-refractivity contribution >= 4 is 11.6 Å². The van der Waals surface area contributed by atoms with E-state index in [0.717, 1.165) is 11.0 Å². The van der Waals surface area contributed by atoms with E-state index in [1.54, 1.807) is 0 Å². The van der Waals surface area contributed by atoms with Crippen molar-refractivity contribution in [3.05, 3.63) is 0 Å². The van der Waals surface area contributed by atoms with Crippen LogP contribution >= 0.6 is 11.6 Å². The Labute approximate surface area is 66.4 Å². The van der Waals surface area contributed by atoms with Crippen molar-refractivity contribution in [3.63, 3.8) is 0 Å². The van der Waals surface area contributed by atoms with Gasteiger partial charge in [-0.25, -0.2) is 0 Å². The van der Waals surface area contributed by atoms with E-state index in [0.29, 0.717) is 0 Å². The van der Waals surface area contributed by atoms with Crippen LogP contribution in [0.5, 0.6) is 0 Å². The minimum absolute atomic E-state index is 0. The first-order valence-corrected chi connectivity index (χ1v) is 3.45. The number of aliphatic hydroxyl groups is 1. The van der Waals surface area contributed by atoms with Crippen LogP contribution in [0.25, 0.3) is 0 Å². The molecule has 1 unspecified atom stereocenters.